The molecule has 7 nitrogen and oxygen atoms in total. The summed E-state index contributed by atoms with van der Waals surface area (Å²) in [4.78, 5) is 41.3. The number of benzene rings is 2. The number of hydrogen-bond acceptors (Lipinski definition) is 5. The molecule has 5 rings (SSSR count). The average Bonchev–Trinajstić information content (AvgIpc) is 3.16. The minimum Gasteiger partial charge on any atom is -0.462 e. The fraction of sp³-hybridized carbons (Fsp3) is 0.483. The first-order valence-electron chi connectivity index (χ1n) is 13.1. The smallest absolute Gasteiger partial charge is 0.407 e. The molecule has 1 N–H and O–H groups in total. The van der Waals surface area contributed by atoms with Gasteiger partial charge in [-0.15, -0.1) is 0 Å². The Bertz CT molecular complexity index is 1050. The van der Waals surface area contributed by atoms with Gasteiger partial charge in [0.2, 0.25) is 5.91 Å². The summed E-state index contributed by atoms with van der Waals surface area (Å²) in [6.07, 6.45) is 2.30. The molecule has 0 spiro atoms. The molecule has 7 heteroatoms. The second kappa shape index (κ2) is 10.3. The van der Waals surface area contributed by atoms with Crippen LogP contribution in [0, 0.1) is 29.6 Å². The van der Waals surface area contributed by atoms with E-state index in [2.05, 4.69) is 5.32 Å². The standard InChI is InChI=1S/C29H34N2O5/c1-3-35-29(34)30-20-14-15-23-19(16-20)17-24-25(18(2)36-28(24)33)26(23)27(32)31(21-10-6-4-7-11-21)22-12-8-5-9-13-22/h4-13,18-20,23-26H,3,14-17H2,1-2H3,(H,30,34)/t18-,19?,20+,23-,24-,25-,26+/m1/s1. The predicted molar refractivity (Wildman–Crippen MR) is 135 cm³/mol. The maximum absolute atomic E-state index is 14.6. The molecule has 0 bridgehead atoms. The van der Waals surface area contributed by atoms with Gasteiger partial charge in [0.25, 0.3) is 0 Å². The Morgan fingerprint density at radius 2 is 1.64 bits per heavy atom. The van der Waals surface area contributed by atoms with Crippen LogP contribution in [-0.4, -0.2) is 36.7 Å². The zero-order valence-corrected chi connectivity index (χ0v) is 20.8. The molecule has 7 atom stereocenters. The van der Waals surface area contributed by atoms with Crippen LogP contribution >= 0.6 is 0 Å². The lowest BCUT2D eigenvalue weighted by molar-refractivity contribution is -0.144. The van der Waals surface area contributed by atoms with Gasteiger partial charge in [-0.2, -0.15) is 0 Å². The molecule has 36 heavy (non-hydrogen) atoms. The number of carbonyl (C=O) groups excluding carboxylic acids is 3. The summed E-state index contributed by atoms with van der Waals surface area (Å²) in [5, 5.41) is 2.98. The van der Waals surface area contributed by atoms with Crippen molar-refractivity contribution in [2.75, 3.05) is 11.5 Å². The van der Waals surface area contributed by atoms with Crippen LogP contribution < -0.4 is 10.2 Å². The van der Waals surface area contributed by atoms with Crippen molar-refractivity contribution in [3.8, 4) is 0 Å². The van der Waals surface area contributed by atoms with Crippen molar-refractivity contribution >= 4 is 29.3 Å². The van der Waals surface area contributed by atoms with Crippen molar-refractivity contribution in [2.45, 2.75) is 51.7 Å². The summed E-state index contributed by atoms with van der Waals surface area (Å²) in [7, 11) is 0. The summed E-state index contributed by atoms with van der Waals surface area (Å²) < 4.78 is 10.8. The van der Waals surface area contributed by atoms with E-state index in [-0.39, 0.29) is 53.6 Å². The van der Waals surface area contributed by atoms with Crippen molar-refractivity contribution in [2.24, 2.45) is 29.6 Å². The number of alkyl carbamates (subject to hydrolysis) is 1. The Labute approximate surface area is 212 Å². The number of ether oxygens (including phenoxy) is 2. The molecule has 1 heterocycles. The van der Waals surface area contributed by atoms with Crippen LogP contribution in [0.2, 0.25) is 0 Å². The van der Waals surface area contributed by atoms with Gasteiger partial charge in [0.1, 0.15) is 6.10 Å². The maximum Gasteiger partial charge on any atom is 0.407 e. The van der Waals surface area contributed by atoms with Gasteiger partial charge in [0, 0.05) is 29.3 Å². The lowest BCUT2D eigenvalue weighted by atomic mass is 9.56. The fourth-order valence-electron chi connectivity index (χ4n) is 6.80. The van der Waals surface area contributed by atoms with Crippen molar-refractivity contribution in [1.29, 1.82) is 0 Å². The molecular weight excluding hydrogens is 456 g/mol. The van der Waals surface area contributed by atoms with E-state index >= 15 is 0 Å². The van der Waals surface area contributed by atoms with Gasteiger partial charge in [-0.05, 0) is 75.6 Å². The van der Waals surface area contributed by atoms with E-state index in [1.807, 2.05) is 72.5 Å². The van der Waals surface area contributed by atoms with E-state index in [0.717, 1.165) is 30.6 Å². The Hall–Kier alpha value is -3.35. The first kappa shape index (κ1) is 24.3. The molecule has 1 unspecified atom stereocenters. The number of carbonyl (C=O) groups is 3. The van der Waals surface area contributed by atoms with Gasteiger partial charge in [-0.3, -0.25) is 14.5 Å². The predicted octanol–water partition coefficient (Wildman–Crippen LogP) is 5.08. The van der Waals surface area contributed by atoms with Gasteiger partial charge >= 0.3 is 12.1 Å². The molecule has 3 aliphatic rings. The number of rotatable bonds is 5. The Balaban J connectivity index is 1.49. The first-order valence-corrected chi connectivity index (χ1v) is 13.1. The van der Waals surface area contributed by atoms with E-state index in [1.54, 1.807) is 6.92 Å². The SMILES string of the molecule is CCOC(=O)N[C@H]1CC[C@@H]2C(C1)C[C@H]1C(=O)O[C@H](C)[C@H]1[C@H]2C(=O)N(c1ccccc1)c1ccccc1. The van der Waals surface area contributed by atoms with Crippen LogP contribution in [0.15, 0.2) is 60.7 Å². The molecule has 0 radical (unpaired) electrons. The summed E-state index contributed by atoms with van der Waals surface area (Å²) in [6, 6.07) is 19.4. The number of nitrogens with zero attached hydrogens (tertiary/aromatic N) is 1. The number of hydrogen-bond donors (Lipinski definition) is 1. The minimum absolute atomic E-state index is 0.0130. The number of para-hydroxylation sites is 2. The molecule has 2 aromatic rings. The van der Waals surface area contributed by atoms with Crippen molar-refractivity contribution in [3.63, 3.8) is 0 Å². The monoisotopic (exact) mass is 490 g/mol. The van der Waals surface area contributed by atoms with E-state index < -0.39 is 6.09 Å². The molecule has 3 fully saturated rings. The van der Waals surface area contributed by atoms with E-state index in [9.17, 15) is 14.4 Å². The van der Waals surface area contributed by atoms with Crippen molar-refractivity contribution in [1.82, 2.24) is 5.32 Å². The zero-order chi connectivity index (χ0) is 25.2. The molecule has 0 aromatic heterocycles. The second-order valence-corrected chi connectivity index (χ2v) is 10.2. The Morgan fingerprint density at radius 1 is 1.00 bits per heavy atom. The third-order valence-corrected chi connectivity index (χ3v) is 8.22. The number of cyclic esters (lactones) is 1. The first-order chi connectivity index (χ1) is 17.5. The second-order valence-electron chi connectivity index (χ2n) is 10.2. The largest absolute Gasteiger partial charge is 0.462 e. The Morgan fingerprint density at radius 3 is 2.25 bits per heavy atom. The number of fused-ring (bicyclic) bond motifs is 2. The van der Waals surface area contributed by atoms with Gasteiger partial charge in [0.15, 0.2) is 0 Å². The Kier molecular flexibility index (Phi) is 6.99. The van der Waals surface area contributed by atoms with Crippen LogP contribution in [0.25, 0.3) is 0 Å². The molecule has 2 saturated carbocycles. The highest BCUT2D eigenvalue weighted by Gasteiger charge is 2.58. The lowest BCUT2D eigenvalue weighted by Crippen LogP contribution is -2.53. The average molecular weight is 491 g/mol. The van der Waals surface area contributed by atoms with Crippen LogP contribution in [0.5, 0.6) is 0 Å². The van der Waals surface area contributed by atoms with E-state index in [0.29, 0.717) is 13.0 Å². The fourth-order valence-corrected chi connectivity index (χ4v) is 6.80. The highest BCUT2D eigenvalue weighted by molar-refractivity contribution is 6.02. The third-order valence-electron chi connectivity index (χ3n) is 8.22. The van der Waals surface area contributed by atoms with Crippen molar-refractivity contribution < 1.29 is 23.9 Å². The minimum atomic E-state index is -0.407. The molecule has 2 amide bonds. The number of anilines is 2. The number of amides is 2. The molecular formula is C29H34N2O5. The molecule has 1 aliphatic heterocycles. The van der Waals surface area contributed by atoms with Crippen LogP contribution in [0.4, 0.5) is 16.2 Å². The van der Waals surface area contributed by atoms with E-state index in [1.165, 1.54) is 0 Å². The molecule has 190 valence electrons. The highest BCUT2D eigenvalue weighted by atomic mass is 16.6. The maximum atomic E-state index is 14.6. The third kappa shape index (κ3) is 4.59. The van der Waals surface area contributed by atoms with Crippen LogP contribution in [0.1, 0.15) is 39.5 Å². The van der Waals surface area contributed by atoms with Crippen LogP contribution in [0.3, 0.4) is 0 Å². The summed E-state index contributed by atoms with van der Waals surface area (Å²) in [5.41, 5.74) is 1.62. The molecule has 2 aliphatic carbocycles. The van der Waals surface area contributed by atoms with Gasteiger partial charge < -0.3 is 14.8 Å². The van der Waals surface area contributed by atoms with Gasteiger partial charge in [-0.1, -0.05) is 36.4 Å². The quantitative estimate of drug-likeness (QED) is 0.591. The number of nitrogens with one attached hydrogen (secondary N) is 1. The van der Waals surface area contributed by atoms with Crippen molar-refractivity contribution in [3.05, 3.63) is 60.7 Å². The molecule has 2 aromatic carbocycles. The molecule has 1 saturated heterocycles. The topological polar surface area (TPSA) is 84.9 Å². The summed E-state index contributed by atoms with van der Waals surface area (Å²) in [6.45, 7) is 4.03. The van der Waals surface area contributed by atoms with Gasteiger partial charge in [-0.25, -0.2) is 4.79 Å². The summed E-state index contributed by atoms with van der Waals surface area (Å²) in [5.74, 6) is -0.730. The zero-order valence-electron chi connectivity index (χ0n) is 20.8. The van der Waals surface area contributed by atoms with E-state index in [4.69, 9.17) is 9.47 Å². The normalized spacial score (nSPS) is 30.9. The summed E-state index contributed by atoms with van der Waals surface area (Å²) >= 11 is 0. The van der Waals surface area contributed by atoms with Crippen LogP contribution in [-0.2, 0) is 19.1 Å². The number of esters is 1. The lowest BCUT2D eigenvalue weighted by Gasteiger charge is -2.48. The van der Waals surface area contributed by atoms with Gasteiger partial charge in [0.05, 0.1) is 12.5 Å². The highest BCUT2D eigenvalue weighted by Crippen LogP contribution is 2.54.